The standard InChI is InChI=1S/C17H20ClN3O/c1-12-16(18)11-21(20-12)9-5-8-19-17(22)15-10-14(15)13-6-3-2-4-7-13/h2-4,6-7,11,14-15H,5,8-10H2,1H3,(H,19,22). The first kappa shape index (κ1) is 15.1. The molecule has 1 aliphatic rings. The predicted octanol–water partition coefficient (Wildman–Crippen LogP) is 3.15. The van der Waals surface area contributed by atoms with Crippen molar-refractivity contribution in [3.8, 4) is 0 Å². The Morgan fingerprint density at radius 3 is 2.86 bits per heavy atom. The van der Waals surface area contributed by atoms with E-state index in [1.54, 1.807) is 0 Å². The Morgan fingerprint density at radius 2 is 2.18 bits per heavy atom. The van der Waals surface area contributed by atoms with E-state index in [0.717, 1.165) is 25.1 Å². The maximum absolute atomic E-state index is 12.1. The number of benzene rings is 1. The van der Waals surface area contributed by atoms with Crippen molar-refractivity contribution in [2.75, 3.05) is 6.54 Å². The Bertz CT molecular complexity index is 634. The molecule has 1 saturated carbocycles. The van der Waals surface area contributed by atoms with Crippen LogP contribution in [-0.2, 0) is 11.3 Å². The summed E-state index contributed by atoms with van der Waals surface area (Å²) in [4.78, 5) is 12.1. The van der Waals surface area contributed by atoms with Crippen molar-refractivity contribution in [2.45, 2.75) is 32.2 Å². The largest absolute Gasteiger partial charge is 0.356 e. The van der Waals surface area contributed by atoms with Crippen LogP contribution in [0.2, 0.25) is 5.02 Å². The molecule has 5 heteroatoms. The zero-order valence-electron chi connectivity index (χ0n) is 12.6. The van der Waals surface area contributed by atoms with Gasteiger partial charge < -0.3 is 5.32 Å². The normalized spacial score (nSPS) is 19.9. The molecule has 22 heavy (non-hydrogen) atoms. The van der Waals surface area contributed by atoms with Crippen LogP contribution < -0.4 is 5.32 Å². The SMILES string of the molecule is Cc1nn(CCCNC(=O)C2CC2c2ccccc2)cc1Cl. The van der Waals surface area contributed by atoms with E-state index < -0.39 is 0 Å². The van der Waals surface area contributed by atoms with Crippen molar-refractivity contribution in [1.82, 2.24) is 15.1 Å². The number of nitrogens with zero attached hydrogens (tertiary/aromatic N) is 2. The number of rotatable bonds is 6. The predicted molar refractivity (Wildman–Crippen MR) is 86.9 cm³/mol. The zero-order valence-corrected chi connectivity index (χ0v) is 13.4. The highest BCUT2D eigenvalue weighted by Gasteiger charge is 2.43. The Morgan fingerprint density at radius 1 is 1.41 bits per heavy atom. The molecule has 0 radical (unpaired) electrons. The summed E-state index contributed by atoms with van der Waals surface area (Å²) in [6, 6.07) is 10.3. The maximum atomic E-state index is 12.1. The zero-order chi connectivity index (χ0) is 15.5. The lowest BCUT2D eigenvalue weighted by molar-refractivity contribution is -0.122. The molecule has 1 aromatic carbocycles. The molecule has 2 atom stereocenters. The van der Waals surface area contributed by atoms with Gasteiger partial charge in [-0.25, -0.2) is 0 Å². The monoisotopic (exact) mass is 317 g/mol. The number of nitrogens with one attached hydrogen (secondary N) is 1. The molecule has 1 amide bonds. The number of halogens is 1. The molecule has 2 aromatic rings. The first-order chi connectivity index (χ1) is 10.6. The second-order valence-corrected chi connectivity index (χ2v) is 6.24. The van der Waals surface area contributed by atoms with Crippen molar-refractivity contribution in [2.24, 2.45) is 5.92 Å². The van der Waals surface area contributed by atoms with Gasteiger partial charge in [-0.15, -0.1) is 0 Å². The average molecular weight is 318 g/mol. The fourth-order valence-electron chi connectivity index (χ4n) is 2.75. The minimum atomic E-state index is 0.142. The smallest absolute Gasteiger partial charge is 0.223 e. The van der Waals surface area contributed by atoms with E-state index in [0.29, 0.717) is 17.5 Å². The Hall–Kier alpha value is -1.81. The first-order valence-corrected chi connectivity index (χ1v) is 8.05. The van der Waals surface area contributed by atoms with Gasteiger partial charge in [0.2, 0.25) is 5.91 Å². The van der Waals surface area contributed by atoms with Crippen LogP contribution in [0, 0.1) is 12.8 Å². The number of amides is 1. The summed E-state index contributed by atoms with van der Waals surface area (Å²) in [5, 5.41) is 8.01. The third-order valence-corrected chi connectivity index (χ3v) is 4.48. The minimum Gasteiger partial charge on any atom is -0.356 e. The van der Waals surface area contributed by atoms with Crippen molar-refractivity contribution in [3.63, 3.8) is 0 Å². The highest BCUT2D eigenvalue weighted by molar-refractivity contribution is 6.31. The molecule has 0 aliphatic heterocycles. The Labute approximate surface area is 135 Å². The minimum absolute atomic E-state index is 0.142. The van der Waals surface area contributed by atoms with E-state index in [-0.39, 0.29) is 11.8 Å². The van der Waals surface area contributed by atoms with Gasteiger partial charge >= 0.3 is 0 Å². The number of hydrogen-bond donors (Lipinski definition) is 1. The van der Waals surface area contributed by atoms with E-state index in [4.69, 9.17) is 11.6 Å². The number of carbonyl (C=O) groups excluding carboxylic acids is 1. The summed E-state index contributed by atoms with van der Waals surface area (Å²) in [7, 11) is 0. The molecular weight excluding hydrogens is 298 g/mol. The number of hydrogen-bond acceptors (Lipinski definition) is 2. The summed E-state index contributed by atoms with van der Waals surface area (Å²) in [6.45, 7) is 3.32. The molecule has 116 valence electrons. The quantitative estimate of drug-likeness (QED) is 0.832. The molecule has 1 aliphatic carbocycles. The number of carbonyl (C=O) groups is 1. The van der Waals surface area contributed by atoms with Gasteiger partial charge in [0.15, 0.2) is 0 Å². The van der Waals surface area contributed by atoms with E-state index in [1.165, 1.54) is 5.56 Å². The van der Waals surface area contributed by atoms with E-state index >= 15 is 0 Å². The summed E-state index contributed by atoms with van der Waals surface area (Å²) in [6.07, 6.45) is 3.64. The van der Waals surface area contributed by atoms with Crippen LogP contribution in [0.5, 0.6) is 0 Å². The third kappa shape index (κ3) is 3.50. The lowest BCUT2D eigenvalue weighted by Crippen LogP contribution is -2.27. The van der Waals surface area contributed by atoms with Crippen LogP contribution in [0.4, 0.5) is 0 Å². The van der Waals surface area contributed by atoms with Crippen LogP contribution in [0.25, 0.3) is 0 Å². The van der Waals surface area contributed by atoms with Gasteiger partial charge in [-0.1, -0.05) is 41.9 Å². The molecule has 4 nitrogen and oxygen atoms in total. The Balaban J connectivity index is 1.39. The number of aryl methyl sites for hydroxylation is 2. The number of aromatic nitrogens is 2. The molecular formula is C17H20ClN3O. The van der Waals surface area contributed by atoms with Crippen LogP contribution in [0.15, 0.2) is 36.5 Å². The Kier molecular flexibility index (Phi) is 4.48. The van der Waals surface area contributed by atoms with Crippen molar-refractivity contribution >= 4 is 17.5 Å². The fourth-order valence-corrected chi connectivity index (χ4v) is 2.90. The van der Waals surface area contributed by atoms with Crippen LogP contribution >= 0.6 is 11.6 Å². The first-order valence-electron chi connectivity index (χ1n) is 7.67. The van der Waals surface area contributed by atoms with E-state index in [9.17, 15) is 4.79 Å². The van der Waals surface area contributed by atoms with Gasteiger partial charge in [-0.05, 0) is 31.2 Å². The van der Waals surface area contributed by atoms with Gasteiger partial charge in [-0.3, -0.25) is 9.48 Å². The van der Waals surface area contributed by atoms with Crippen molar-refractivity contribution < 1.29 is 4.79 Å². The molecule has 2 unspecified atom stereocenters. The maximum Gasteiger partial charge on any atom is 0.223 e. The summed E-state index contributed by atoms with van der Waals surface area (Å²) in [5.74, 6) is 0.709. The molecule has 3 rings (SSSR count). The third-order valence-electron chi connectivity index (χ3n) is 4.10. The molecule has 1 N–H and O–H groups in total. The van der Waals surface area contributed by atoms with Gasteiger partial charge in [0.25, 0.3) is 0 Å². The molecule has 1 fully saturated rings. The molecule has 0 spiro atoms. The lowest BCUT2D eigenvalue weighted by Gasteiger charge is -2.05. The van der Waals surface area contributed by atoms with Crippen LogP contribution in [0.1, 0.15) is 30.0 Å². The molecule has 1 aromatic heterocycles. The van der Waals surface area contributed by atoms with Gasteiger partial charge in [0.05, 0.1) is 10.7 Å². The lowest BCUT2D eigenvalue weighted by atomic mass is 10.1. The van der Waals surface area contributed by atoms with E-state index in [1.807, 2.05) is 36.0 Å². The van der Waals surface area contributed by atoms with Gasteiger partial charge in [-0.2, -0.15) is 5.10 Å². The summed E-state index contributed by atoms with van der Waals surface area (Å²) in [5.41, 5.74) is 2.11. The highest BCUT2D eigenvalue weighted by Crippen LogP contribution is 2.47. The summed E-state index contributed by atoms with van der Waals surface area (Å²) >= 11 is 5.96. The molecule has 0 bridgehead atoms. The van der Waals surface area contributed by atoms with Crippen LogP contribution in [-0.4, -0.2) is 22.2 Å². The van der Waals surface area contributed by atoms with Gasteiger partial charge in [0.1, 0.15) is 0 Å². The topological polar surface area (TPSA) is 46.9 Å². The molecule has 0 saturated heterocycles. The van der Waals surface area contributed by atoms with Gasteiger partial charge in [0, 0.05) is 25.2 Å². The highest BCUT2D eigenvalue weighted by atomic mass is 35.5. The second kappa shape index (κ2) is 6.53. The van der Waals surface area contributed by atoms with E-state index in [2.05, 4.69) is 22.5 Å². The van der Waals surface area contributed by atoms with Crippen LogP contribution in [0.3, 0.4) is 0 Å². The van der Waals surface area contributed by atoms with Crippen molar-refractivity contribution in [3.05, 3.63) is 52.8 Å². The average Bonchev–Trinajstić information content (AvgIpc) is 3.26. The fraction of sp³-hybridized carbons (Fsp3) is 0.412. The second-order valence-electron chi connectivity index (χ2n) is 5.83. The summed E-state index contributed by atoms with van der Waals surface area (Å²) < 4.78 is 1.83. The molecule has 1 heterocycles. The van der Waals surface area contributed by atoms with Crippen molar-refractivity contribution in [1.29, 1.82) is 0 Å².